The van der Waals surface area contributed by atoms with Gasteiger partial charge in [-0.05, 0) is 6.07 Å². The molecule has 0 saturated carbocycles. The molecule has 0 radical (unpaired) electrons. The molecular formula is C14H18ClN3O. The van der Waals surface area contributed by atoms with Crippen molar-refractivity contribution in [1.29, 1.82) is 0 Å². The van der Waals surface area contributed by atoms with E-state index in [0.717, 1.165) is 31.6 Å². The van der Waals surface area contributed by atoms with Crippen LogP contribution in [0.3, 0.4) is 0 Å². The molecule has 0 aliphatic carbocycles. The number of rotatable bonds is 0. The number of nitrogens with one attached hydrogen (secondary N) is 1. The van der Waals surface area contributed by atoms with E-state index < -0.39 is 0 Å². The number of halogens is 1. The third-order valence-electron chi connectivity index (χ3n) is 4.30. The molecule has 0 bridgehead atoms. The van der Waals surface area contributed by atoms with Crippen molar-refractivity contribution in [3.05, 3.63) is 30.0 Å². The lowest BCUT2D eigenvalue weighted by atomic mass is 9.94. The molecule has 2 aliphatic rings. The van der Waals surface area contributed by atoms with Crippen molar-refractivity contribution in [2.24, 2.45) is 0 Å². The molecule has 102 valence electrons. The second kappa shape index (κ2) is 4.47. The van der Waals surface area contributed by atoms with Crippen LogP contribution in [0.15, 0.2) is 24.3 Å². The van der Waals surface area contributed by atoms with Crippen LogP contribution in [0.2, 0.25) is 0 Å². The van der Waals surface area contributed by atoms with Gasteiger partial charge in [-0.2, -0.15) is 5.10 Å². The molecule has 0 amide bonds. The standard InChI is InChI=1S/C14H17N3O.ClH/c1-16-7-6-14(10-16)13-11-4-2-3-5-12(11)15-17(13)8-9-18-14;/h2-5H,6-10H2,1H3;1H. The summed E-state index contributed by atoms with van der Waals surface area (Å²) < 4.78 is 8.38. The first kappa shape index (κ1) is 12.9. The SMILES string of the molecule is C[NH+]1CCC2(C1)OCCn1nc3ccccc3c12.[Cl-]. The van der Waals surface area contributed by atoms with E-state index >= 15 is 0 Å². The van der Waals surface area contributed by atoms with Crippen molar-refractivity contribution in [2.75, 3.05) is 26.7 Å². The number of ether oxygens (including phenoxy) is 1. The van der Waals surface area contributed by atoms with Gasteiger partial charge in [0, 0.05) is 11.8 Å². The van der Waals surface area contributed by atoms with Gasteiger partial charge >= 0.3 is 0 Å². The van der Waals surface area contributed by atoms with E-state index in [1.54, 1.807) is 4.90 Å². The Bertz CT molecular complexity index is 612. The summed E-state index contributed by atoms with van der Waals surface area (Å²) in [7, 11) is 2.25. The lowest BCUT2D eigenvalue weighted by molar-refractivity contribution is -0.870. The highest BCUT2D eigenvalue weighted by Gasteiger charge is 2.48. The molecule has 2 aliphatic heterocycles. The predicted octanol–water partition coefficient (Wildman–Crippen LogP) is -2.82. The van der Waals surface area contributed by atoms with E-state index in [1.807, 2.05) is 0 Å². The lowest BCUT2D eigenvalue weighted by Crippen LogP contribution is -3.07. The average Bonchev–Trinajstić information content (AvgIpc) is 2.92. The van der Waals surface area contributed by atoms with Gasteiger partial charge in [-0.15, -0.1) is 0 Å². The number of benzene rings is 1. The number of quaternary nitrogens is 1. The summed E-state index contributed by atoms with van der Waals surface area (Å²) in [6, 6.07) is 8.43. The molecule has 1 aromatic carbocycles. The zero-order valence-corrected chi connectivity index (χ0v) is 11.8. The molecule has 19 heavy (non-hydrogen) atoms. The third-order valence-corrected chi connectivity index (χ3v) is 4.30. The van der Waals surface area contributed by atoms with Gasteiger partial charge in [0.1, 0.15) is 6.54 Å². The van der Waals surface area contributed by atoms with Crippen molar-refractivity contribution in [3.63, 3.8) is 0 Å². The minimum atomic E-state index is -0.0988. The van der Waals surface area contributed by atoms with Crippen molar-refractivity contribution < 1.29 is 22.0 Å². The first-order valence-electron chi connectivity index (χ1n) is 6.70. The minimum absolute atomic E-state index is 0. The summed E-state index contributed by atoms with van der Waals surface area (Å²) in [6.45, 7) is 3.90. The quantitative estimate of drug-likeness (QED) is 0.564. The first-order chi connectivity index (χ1) is 8.78. The van der Waals surface area contributed by atoms with E-state index in [0.29, 0.717) is 0 Å². The molecule has 1 fully saturated rings. The normalized spacial score (nSPS) is 29.4. The van der Waals surface area contributed by atoms with Crippen LogP contribution in [0.25, 0.3) is 10.9 Å². The third kappa shape index (κ3) is 1.78. The monoisotopic (exact) mass is 279 g/mol. The fourth-order valence-corrected chi connectivity index (χ4v) is 3.52. The van der Waals surface area contributed by atoms with E-state index in [1.165, 1.54) is 17.6 Å². The van der Waals surface area contributed by atoms with Gasteiger partial charge < -0.3 is 22.0 Å². The molecule has 2 atom stereocenters. The van der Waals surface area contributed by atoms with Crippen LogP contribution in [0.4, 0.5) is 0 Å². The fourth-order valence-electron chi connectivity index (χ4n) is 3.52. The average molecular weight is 280 g/mol. The van der Waals surface area contributed by atoms with Gasteiger partial charge in [0.05, 0.1) is 38.0 Å². The maximum atomic E-state index is 6.21. The Morgan fingerprint density at radius 3 is 3.00 bits per heavy atom. The Morgan fingerprint density at radius 1 is 1.37 bits per heavy atom. The Hall–Kier alpha value is -1.10. The highest BCUT2D eigenvalue weighted by atomic mass is 35.5. The van der Waals surface area contributed by atoms with Gasteiger partial charge in [0.15, 0.2) is 5.60 Å². The largest absolute Gasteiger partial charge is 1.00 e. The molecule has 4 rings (SSSR count). The van der Waals surface area contributed by atoms with E-state index in [-0.39, 0.29) is 18.0 Å². The molecule has 2 unspecified atom stereocenters. The summed E-state index contributed by atoms with van der Waals surface area (Å²) in [6.07, 6.45) is 1.11. The number of hydrogen-bond donors (Lipinski definition) is 1. The number of likely N-dealkylation sites (tertiary alicyclic amines) is 1. The summed E-state index contributed by atoms with van der Waals surface area (Å²) >= 11 is 0. The summed E-state index contributed by atoms with van der Waals surface area (Å²) in [4.78, 5) is 1.55. The number of fused-ring (bicyclic) bond motifs is 4. The van der Waals surface area contributed by atoms with Gasteiger partial charge in [0.25, 0.3) is 0 Å². The molecule has 3 heterocycles. The molecular weight excluding hydrogens is 262 g/mol. The van der Waals surface area contributed by atoms with Crippen molar-refractivity contribution >= 4 is 10.9 Å². The highest BCUT2D eigenvalue weighted by molar-refractivity contribution is 5.82. The number of likely N-dealkylation sites (N-methyl/N-ethyl adjacent to an activating group) is 1. The Labute approximate surface area is 118 Å². The summed E-state index contributed by atoms with van der Waals surface area (Å²) in [5, 5.41) is 5.99. The van der Waals surface area contributed by atoms with Crippen LogP contribution in [-0.2, 0) is 16.9 Å². The van der Waals surface area contributed by atoms with E-state index in [9.17, 15) is 0 Å². The lowest BCUT2D eigenvalue weighted by Gasteiger charge is -2.32. The van der Waals surface area contributed by atoms with Crippen molar-refractivity contribution in [3.8, 4) is 0 Å². The fraction of sp³-hybridized carbons (Fsp3) is 0.500. The summed E-state index contributed by atoms with van der Waals surface area (Å²) in [5.41, 5.74) is 2.31. The molecule has 1 aromatic heterocycles. The Balaban J connectivity index is 0.00000110. The van der Waals surface area contributed by atoms with E-state index in [2.05, 4.69) is 36.0 Å². The Kier molecular flexibility index (Phi) is 3.04. The van der Waals surface area contributed by atoms with Crippen LogP contribution in [0.1, 0.15) is 12.1 Å². The van der Waals surface area contributed by atoms with Crippen molar-refractivity contribution in [1.82, 2.24) is 9.78 Å². The Morgan fingerprint density at radius 2 is 2.21 bits per heavy atom. The van der Waals surface area contributed by atoms with Gasteiger partial charge in [-0.25, -0.2) is 0 Å². The maximum Gasteiger partial charge on any atom is 0.164 e. The van der Waals surface area contributed by atoms with E-state index in [4.69, 9.17) is 9.84 Å². The van der Waals surface area contributed by atoms with Gasteiger partial charge in [-0.1, -0.05) is 18.2 Å². The second-order valence-electron chi connectivity index (χ2n) is 5.57. The predicted molar refractivity (Wildman–Crippen MR) is 68.6 cm³/mol. The molecule has 2 aromatic rings. The highest BCUT2D eigenvalue weighted by Crippen LogP contribution is 2.37. The molecule has 1 saturated heterocycles. The van der Waals surface area contributed by atoms with Gasteiger partial charge in [-0.3, -0.25) is 4.68 Å². The zero-order valence-electron chi connectivity index (χ0n) is 11.0. The van der Waals surface area contributed by atoms with Crippen LogP contribution in [0, 0.1) is 0 Å². The van der Waals surface area contributed by atoms with Gasteiger partial charge in [0.2, 0.25) is 0 Å². The number of aromatic nitrogens is 2. The smallest absolute Gasteiger partial charge is 0.164 e. The van der Waals surface area contributed by atoms with Crippen LogP contribution in [-0.4, -0.2) is 36.5 Å². The molecule has 4 nitrogen and oxygen atoms in total. The van der Waals surface area contributed by atoms with Crippen LogP contribution < -0.4 is 17.3 Å². The number of hydrogen-bond acceptors (Lipinski definition) is 2. The molecule has 1 spiro atoms. The second-order valence-corrected chi connectivity index (χ2v) is 5.57. The van der Waals surface area contributed by atoms with Crippen LogP contribution >= 0.6 is 0 Å². The zero-order chi connectivity index (χ0) is 12.2. The first-order valence-corrected chi connectivity index (χ1v) is 6.70. The summed E-state index contributed by atoms with van der Waals surface area (Å²) in [5.74, 6) is 0. The maximum absolute atomic E-state index is 6.21. The van der Waals surface area contributed by atoms with Crippen LogP contribution in [0.5, 0.6) is 0 Å². The number of nitrogens with zero attached hydrogens (tertiary/aromatic N) is 2. The van der Waals surface area contributed by atoms with Crippen molar-refractivity contribution in [2.45, 2.75) is 18.6 Å². The topological polar surface area (TPSA) is 31.5 Å². The molecule has 5 heteroatoms. The minimum Gasteiger partial charge on any atom is -1.00 e. The molecule has 1 N–H and O–H groups in total.